The van der Waals surface area contributed by atoms with Crippen LogP contribution in [0.4, 0.5) is 0 Å². The summed E-state index contributed by atoms with van der Waals surface area (Å²) in [7, 11) is 0. The third kappa shape index (κ3) is 8.65. The van der Waals surface area contributed by atoms with Crippen molar-refractivity contribution in [2.24, 2.45) is 40.5 Å². The summed E-state index contributed by atoms with van der Waals surface area (Å²) in [5.74, 6) is -1.13. The summed E-state index contributed by atoms with van der Waals surface area (Å²) in [6.07, 6.45) is -10.3. The van der Waals surface area contributed by atoms with Crippen molar-refractivity contribution in [2.45, 2.75) is 118 Å². The quantitative estimate of drug-likeness (QED) is 0.0651. The number of rotatable bonds is 13. The summed E-state index contributed by atoms with van der Waals surface area (Å²) in [5, 5.41) is 67.0. The predicted molar refractivity (Wildman–Crippen MR) is 156 cm³/mol. The van der Waals surface area contributed by atoms with Crippen molar-refractivity contribution < 1.29 is 54.5 Å². The van der Waals surface area contributed by atoms with Gasteiger partial charge in [0, 0.05) is 31.6 Å². The Morgan fingerprint density at radius 3 is 2.18 bits per heavy atom. The van der Waals surface area contributed by atoms with E-state index in [1.807, 2.05) is 0 Å². The molecule has 4 fully saturated rings. The maximum absolute atomic E-state index is 12.8. The van der Waals surface area contributed by atoms with Gasteiger partial charge in [0.15, 0.2) is 12.6 Å². The maximum atomic E-state index is 12.8. The molecule has 1 amide bonds. The van der Waals surface area contributed by atoms with E-state index in [1.165, 1.54) is 0 Å². The van der Waals surface area contributed by atoms with Crippen molar-refractivity contribution >= 4 is 5.91 Å². The second-order valence-corrected chi connectivity index (χ2v) is 12.8. The lowest BCUT2D eigenvalue weighted by atomic mass is 9.77. The van der Waals surface area contributed by atoms with Crippen LogP contribution in [-0.2, 0) is 23.7 Å². The lowest BCUT2D eigenvalue weighted by Crippen LogP contribution is -2.66. The zero-order valence-corrected chi connectivity index (χ0v) is 25.4. The average Bonchev–Trinajstić information content (AvgIpc) is 2.99. The van der Waals surface area contributed by atoms with Gasteiger partial charge in [-0.3, -0.25) is 10.0 Å². The number of hydroxylamine groups is 2. The first kappa shape index (κ1) is 36.7. The molecule has 0 aromatic rings. The molecule has 0 spiro atoms. The minimum atomic E-state index is -1.56. The molecule has 45 heavy (non-hydrogen) atoms. The Hall–Kier alpha value is -1.17. The standard InChI is InChI=1S/C27H53N7O11/c28-1-2-34(41)19(37)6-12-5-14(31)25(23(40)24(12)44-27-22(39)20(32)21(38)18(10-35)43-27)45-26-15(7-16(36)17(8-29)42-26)33-9-11-3-13(30)4-11/h11-18,20-27,33,35-36,38-41H,1-10,28-32H2/t11?,12-,13?,14-,15+,16-,17+,18+,20-,21+,22+,23+,24-,25+,26+,27+/m0/s1. The van der Waals surface area contributed by atoms with Crippen LogP contribution >= 0.6 is 0 Å². The van der Waals surface area contributed by atoms with E-state index < -0.39 is 98.0 Å². The minimum absolute atomic E-state index is 0.0123. The molecule has 2 saturated heterocycles. The zero-order chi connectivity index (χ0) is 33.0. The molecule has 18 nitrogen and oxygen atoms in total. The lowest BCUT2D eigenvalue weighted by Gasteiger charge is -2.49. The predicted octanol–water partition coefficient (Wildman–Crippen LogP) is -6.07. The van der Waals surface area contributed by atoms with E-state index in [0.29, 0.717) is 17.5 Å². The highest BCUT2D eigenvalue weighted by Gasteiger charge is 2.51. The molecule has 17 N–H and O–H groups in total. The third-order valence-corrected chi connectivity index (χ3v) is 9.46. The molecule has 18 heteroatoms. The van der Waals surface area contributed by atoms with Crippen LogP contribution in [0.25, 0.3) is 0 Å². The molecule has 2 aliphatic carbocycles. The van der Waals surface area contributed by atoms with Crippen molar-refractivity contribution in [1.82, 2.24) is 10.4 Å². The number of aliphatic hydroxyl groups is 5. The number of nitrogens with two attached hydrogens (primary N) is 5. The molecule has 2 saturated carbocycles. The average molecular weight is 652 g/mol. The van der Waals surface area contributed by atoms with Crippen LogP contribution < -0.4 is 34.0 Å². The SMILES string of the molecule is NCCN(O)C(=O)C[C@@H]1C[C@H](N)[C@@H](O[C@H]2O[C@H](CN)[C@@H](O)C[C@H]2NCC2CC(N)C2)[C@H](O)[C@H]1O[C@H]1O[C@H](CO)[C@@H](O)[C@H](N)[C@H]1O. The summed E-state index contributed by atoms with van der Waals surface area (Å²) in [4.78, 5) is 12.8. The van der Waals surface area contributed by atoms with E-state index in [2.05, 4.69) is 5.32 Å². The first-order chi connectivity index (χ1) is 21.4. The van der Waals surface area contributed by atoms with E-state index in [0.717, 1.165) is 12.8 Å². The molecule has 2 heterocycles. The van der Waals surface area contributed by atoms with Crippen LogP contribution in [0, 0.1) is 11.8 Å². The number of carbonyl (C=O) groups excluding carboxylic acids is 1. The fraction of sp³-hybridized carbons (Fsp3) is 0.963. The third-order valence-electron chi connectivity index (χ3n) is 9.46. The molecule has 0 aromatic heterocycles. The highest BCUT2D eigenvalue weighted by molar-refractivity contribution is 5.75. The van der Waals surface area contributed by atoms with Crippen LogP contribution in [0.3, 0.4) is 0 Å². The van der Waals surface area contributed by atoms with Gasteiger partial charge in [-0.1, -0.05) is 0 Å². The van der Waals surface area contributed by atoms with Gasteiger partial charge in [0.2, 0.25) is 5.91 Å². The van der Waals surface area contributed by atoms with E-state index in [4.69, 9.17) is 47.6 Å². The monoisotopic (exact) mass is 651 g/mol. The molecule has 4 rings (SSSR count). The molecule has 0 unspecified atom stereocenters. The van der Waals surface area contributed by atoms with Gasteiger partial charge in [0.25, 0.3) is 0 Å². The van der Waals surface area contributed by atoms with E-state index in [1.54, 1.807) is 0 Å². The molecule has 0 radical (unpaired) electrons. The van der Waals surface area contributed by atoms with Gasteiger partial charge < -0.3 is 78.5 Å². The fourth-order valence-corrected chi connectivity index (χ4v) is 6.70. The Bertz CT molecular complexity index is 938. The largest absolute Gasteiger partial charge is 0.394 e. The second kappa shape index (κ2) is 16.3. The number of nitrogens with one attached hydrogen (secondary N) is 1. The zero-order valence-electron chi connectivity index (χ0n) is 25.4. The van der Waals surface area contributed by atoms with Crippen LogP contribution in [-0.4, -0.2) is 160 Å². The van der Waals surface area contributed by atoms with Gasteiger partial charge in [-0.25, -0.2) is 5.06 Å². The van der Waals surface area contributed by atoms with E-state index in [9.17, 15) is 35.5 Å². The van der Waals surface area contributed by atoms with Gasteiger partial charge >= 0.3 is 0 Å². The Kier molecular flexibility index (Phi) is 13.3. The summed E-state index contributed by atoms with van der Waals surface area (Å²) >= 11 is 0. The molecule has 2 aliphatic heterocycles. The van der Waals surface area contributed by atoms with Gasteiger partial charge in [0.1, 0.15) is 30.5 Å². The number of hydrogen-bond donors (Lipinski definition) is 12. The van der Waals surface area contributed by atoms with Gasteiger partial charge in [0.05, 0.1) is 43.5 Å². The molecule has 14 atom stereocenters. The first-order valence-corrected chi connectivity index (χ1v) is 15.7. The van der Waals surface area contributed by atoms with Crippen LogP contribution in [0.2, 0.25) is 0 Å². The molecular formula is C27H53N7O11. The highest BCUT2D eigenvalue weighted by atomic mass is 16.7. The topological polar surface area (TPSA) is 321 Å². The van der Waals surface area contributed by atoms with Crippen molar-refractivity contribution in [1.29, 1.82) is 0 Å². The van der Waals surface area contributed by atoms with Crippen molar-refractivity contribution in [3.05, 3.63) is 0 Å². The number of ether oxygens (including phenoxy) is 4. The lowest BCUT2D eigenvalue weighted by molar-refractivity contribution is -0.320. The number of hydrogen-bond acceptors (Lipinski definition) is 17. The second-order valence-electron chi connectivity index (χ2n) is 12.8. The Morgan fingerprint density at radius 2 is 1.56 bits per heavy atom. The molecule has 4 aliphatic rings. The van der Waals surface area contributed by atoms with Crippen molar-refractivity contribution in [2.75, 3.05) is 32.8 Å². The summed E-state index contributed by atoms with van der Waals surface area (Å²) in [5.41, 5.74) is 29.7. The molecule has 0 aromatic carbocycles. The van der Waals surface area contributed by atoms with Crippen LogP contribution in [0.1, 0.15) is 32.1 Å². The highest BCUT2D eigenvalue weighted by Crippen LogP contribution is 2.36. The normalized spacial score (nSPS) is 45.6. The molecular weight excluding hydrogens is 598 g/mol. The number of carbonyl (C=O) groups is 1. The molecule has 262 valence electrons. The van der Waals surface area contributed by atoms with Gasteiger partial charge in [-0.2, -0.15) is 0 Å². The van der Waals surface area contributed by atoms with Crippen LogP contribution in [0.5, 0.6) is 0 Å². The van der Waals surface area contributed by atoms with Gasteiger partial charge in [-0.15, -0.1) is 0 Å². The maximum Gasteiger partial charge on any atom is 0.246 e. The summed E-state index contributed by atoms with van der Waals surface area (Å²) in [6.45, 7) is -0.0954. The summed E-state index contributed by atoms with van der Waals surface area (Å²) < 4.78 is 24.0. The number of aliphatic hydroxyl groups excluding tert-OH is 5. The van der Waals surface area contributed by atoms with Crippen molar-refractivity contribution in [3.8, 4) is 0 Å². The Labute approximate surface area is 262 Å². The van der Waals surface area contributed by atoms with E-state index >= 15 is 0 Å². The number of amides is 1. The van der Waals surface area contributed by atoms with Crippen LogP contribution in [0.15, 0.2) is 0 Å². The van der Waals surface area contributed by atoms with E-state index in [-0.39, 0.29) is 44.9 Å². The number of nitrogens with zero attached hydrogens (tertiary/aromatic N) is 1. The fourth-order valence-electron chi connectivity index (χ4n) is 6.70. The first-order valence-electron chi connectivity index (χ1n) is 15.7. The Balaban J connectivity index is 1.54. The smallest absolute Gasteiger partial charge is 0.246 e. The van der Waals surface area contributed by atoms with Crippen molar-refractivity contribution in [3.63, 3.8) is 0 Å². The summed E-state index contributed by atoms with van der Waals surface area (Å²) in [6, 6.07) is -2.41. The Morgan fingerprint density at radius 1 is 0.889 bits per heavy atom. The minimum Gasteiger partial charge on any atom is -0.394 e. The van der Waals surface area contributed by atoms with Gasteiger partial charge in [-0.05, 0) is 44.1 Å². The molecule has 0 bridgehead atoms.